The Morgan fingerprint density at radius 1 is 0.969 bits per heavy atom. The smallest absolute Gasteiger partial charge is 0.165 e. The Bertz CT molecular complexity index is 995. The molecule has 0 saturated carbocycles. The molecule has 0 bridgehead atoms. The number of benzene rings is 3. The maximum atomic E-state index is 14.2. The summed E-state index contributed by atoms with van der Waals surface area (Å²) in [6, 6.07) is 22.7. The largest absolute Gasteiger partial charge is 0.493 e. The van der Waals surface area contributed by atoms with Crippen molar-refractivity contribution in [3.63, 3.8) is 0 Å². The van der Waals surface area contributed by atoms with E-state index in [1.807, 2.05) is 54.6 Å². The second kappa shape index (κ2) is 11.0. The molecule has 3 aromatic rings. The first-order valence-corrected chi connectivity index (χ1v) is 11.3. The van der Waals surface area contributed by atoms with Crippen molar-refractivity contribution in [3.8, 4) is 17.2 Å². The summed E-state index contributed by atoms with van der Waals surface area (Å²) in [5, 5.41) is 0. The molecule has 168 valence electrons. The van der Waals surface area contributed by atoms with Gasteiger partial charge < -0.3 is 9.47 Å². The van der Waals surface area contributed by atoms with Crippen LogP contribution in [0.15, 0.2) is 85.5 Å². The minimum Gasteiger partial charge on any atom is -0.493 e. The van der Waals surface area contributed by atoms with E-state index in [-0.39, 0.29) is 17.0 Å². The van der Waals surface area contributed by atoms with E-state index in [0.29, 0.717) is 18.3 Å². The highest BCUT2D eigenvalue weighted by molar-refractivity contribution is 5.36. The average Bonchev–Trinajstić information content (AvgIpc) is 2.80. The van der Waals surface area contributed by atoms with Gasteiger partial charge in [-0.05, 0) is 72.7 Å². The first kappa shape index (κ1) is 23.6. The number of para-hydroxylation sites is 1. The summed E-state index contributed by atoms with van der Waals surface area (Å²) in [5.41, 5.74) is 2.14. The number of hydrogen-bond acceptors (Lipinski definition) is 2. The van der Waals surface area contributed by atoms with Gasteiger partial charge in [0.25, 0.3) is 0 Å². The molecule has 0 fully saturated rings. The van der Waals surface area contributed by atoms with Gasteiger partial charge in [-0.1, -0.05) is 63.2 Å². The summed E-state index contributed by atoms with van der Waals surface area (Å²) in [6.07, 6.45) is 4.75. The molecule has 3 aromatic carbocycles. The zero-order chi connectivity index (χ0) is 23.0. The molecule has 0 aliphatic rings. The molecular weight excluding hydrogens is 399 g/mol. The van der Waals surface area contributed by atoms with E-state index < -0.39 is 0 Å². The quantitative estimate of drug-likeness (QED) is 0.285. The van der Waals surface area contributed by atoms with Gasteiger partial charge in [-0.2, -0.15) is 0 Å². The van der Waals surface area contributed by atoms with E-state index in [1.165, 1.54) is 11.6 Å². The Morgan fingerprint density at radius 2 is 1.69 bits per heavy atom. The molecule has 0 amide bonds. The molecule has 0 radical (unpaired) electrons. The van der Waals surface area contributed by atoms with Crippen molar-refractivity contribution < 1.29 is 13.9 Å². The van der Waals surface area contributed by atoms with Gasteiger partial charge in [0, 0.05) is 5.41 Å². The first-order valence-electron chi connectivity index (χ1n) is 11.3. The molecule has 0 aliphatic carbocycles. The van der Waals surface area contributed by atoms with Crippen molar-refractivity contribution in [1.82, 2.24) is 0 Å². The van der Waals surface area contributed by atoms with Crippen molar-refractivity contribution in [2.24, 2.45) is 5.92 Å². The molecule has 0 aliphatic heterocycles. The Balaban J connectivity index is 1.61. The van der Waals surface area contributed by atoms with Gasteiger partial charge in [-0.15, -0.1) is 6.58 Å². The van der Waals surface area contributed by atoms with Gasteiger partial charge in [0.1, 0.15) is 11.5 Å². The van der Waals surface area contributed by atoms with E-state index in [0.717, 1.165) is 30.6 Å². The highest BCUT2D eigenvalue weighted by Gasteiger charge is 2.22. The summed E-state index contributed by atoms with van der Waals surface area (Å²) in [7, 11) is 0. The minimum atomic E-state index is -0.353. The van der Waals surface area contributed by atoms with Crippen LogP contribution in [0.25, 0.3) is 0 Å². The fraction of sp³-hybridized carbons (Fsp3) is 0.310. The number of aryl methyl sites for hydroxylation is 1. The lowest BCUT2D eigenvalue weighted by Crippen LogP contribution is -2.19. The summed E-state index contributed by atoms with van der Waals surface area (Å²) < 4.78 is 25.8. The van der Waals surface area contributed by atoms with Crippen LogP contribution in [0.3, 0.4) is 0 Å². The van der Waals surface area contributed by atoms with E-state index in [2.05, 4.69) is 39.5 Å². The lowest BCUT2D eigenvalue weighted by Gasteiger charge is -2.27. The topological polar surface area (TPSA) is 18.5 Å². The second-order valence-electron chi connectivity index (χ2n) is 8.88. The lowest BCUT2D eigenvalue weighted by molar-refractivity contribution is 0.271. The molecule has 0 saturated heterocycles. The van der Waals surface area contributed by atoms with Crippen LogP contribution in [0, 0.1) is 11.7 Å². The lowest BCUT2D eigenvalue weighted by atomic mass is 9.78. The molecule has 1 unspecified atom stereocenters. The predicted molar refractivity (Wildman–Crippen MR) is 130 cm³/mol. The molecule has 0 spiro atoms. The highest BCUT2D eigenvalue weighted by atomic mass is 19.1. The summed E-state index contributed by atoms with van der Waals surface area (Å²) >= 11 is 0. The number of ether oxygens (including phenoxy) is 2. The van der Waals surface area contributed by atoms with Crippen molar-refractivity contribution in [2.75, 3.05) is 6.61 Å². The van der Waals surface area contributed by atoms with Crippen LogP contribution in [0.4, 0.5) is 4.39 Å². The van der Waals surface area contributed by atoms with E-state index in [9.17, 15) is 4.39 Å². The number of rotatable bonds is 11. The van der Waals surface area contributed by atoms with Crippen molar-refractivity contribution >= 4 is 0 Å². The molecule has 3 heteroatoms. The third kappa shape index (κ3) is 6.46. The normalized spacial score (nSPS) is 12.9. The number of halogens is 1. The van der Waals surface area contributed by atoms with Gasteiger partial charge in [-0.3, -0.25) is 0 Å². The maximum absolute atomic E-state index is 14.2. The second-order valence-corrected chi connectivity index (χ2v) is 8.88. The summed E-state index contributed by atoms with van der Waals surface area (Å²) in [4.78, 5) is 0. The molecule has 1 atom stereocenters. The summed E-state index contributed by atoms with van der Waals surface area (Å²) in [5.74, 6) is 1.93. The first-order chi connectivity index (χ1) is 15.4. The van der Waals surface area contributed by atoms with Crippen molar-refractivity contribution in [2.45, 2.75) is 45.4 Å². The Hall–Kier alpha value is -3.07. The van der Waals surface area contributed by atoms with Crippen LogP contribution < -0.4 is 9.47 Å². The zero-order valence-corrected chi connectivity index (χ0v) is 19.3. The van der Waals surface area contributed by atoms with Gasteiger partial charge in [0.15, 0.2) is 11.6 Å². The number of hydrogen-bond donors (Lipinski definition) is 0. The van der Waals surface area contributed by atoms with Crippen molar-refractivity contribution in [1.29, 1.82) is 0 Å². The van der Waals surface area contributed by atoms with Crippen LogP contribution in [-0.4, -0.2) is 6.61 Å². The molecule has 32 heavy (non-hydrogen) atoms. The summed E-state index contributed by atoms with van der Waals surface area (Å²) in [6.45, 7) is 11.3. The SMILES string of the molecule is C=CC(C)(CCCc1ccc(F)c(Oc2ccccc2)c1)c1ccc(OCC(C)C)cc1. The number of allylic oxidation sites excluding steroid dienone is 1. The van der Waals surface area contributed by atoms with Crippen LogP contribution in [0.1, 0.15) is 44.7 Å². The van der Waals surface area contributed by atoms with E-state index in [4.69, 9.17) is 9.47 Å². The third-order valence-corrected chi connectivity index (χ3v) is 5.68. The van der Waals surface area contributed by atoms with Crippen LogP contribution in [-0.2, 0) is 11.8 Å². The Kier molecular flexibility index (Phi) is 8.10. The predicted octanol–water partition coefficient (Wildman–Crippen LogP) is 8.12. The monoisotopic (exact) mass is 432 g/mol. The molecular formula is C29H33FO2. The Labute approximate surface area is 191 Å². The fourth-order valence-electron chi connectivity index (χ4n) is 3.62. The fourth-order valence-corrected chi connectivity index (χ4v) is 3.62. The van der Waals surface area contributed by atoms with Crippen LogP contribution in [0.2, 0.25) is 0 Å². The van der Waals surface area contributed by atoms with Gasteiger partial charge in [-0.25, -0.2) is 4.39 Å². The molecule has 0 aromatic heterocycles. The minimum absolute atomic E-state index is 0.139. The van der Waals surface area contributed by atoms with E-state index in [1.54, 1.807) is 6.07 Å². The van der Waals surface area contributed by atoms with Crippen LogP contribution in [0.5, 0.6) is 17.2 Å². The molecule has 0 heterocycles. The maximum Gasteiger partial charge on any atom is 0.165 e. The third-order valence-electron chi connectivity index (χ3n) is 5.68. The van der Waals surface area contributed by atoms with Crippen molar-refractivity contribution in [3.05, 3.63) is 102 Å². The van der Waals surface area contributed by atoms with Crippen LogP contribution >= 0.6 is 0 Å². The molecule has 0 N–H and O–H groups in total. The zero-order valence-electron chi connectivity index (χ0n) is 19.3. The van der Waals surface area contributed by atoms with Gasteiger partial charge in [0.05, 0.1) is 6.61 Å². The average molecular weight is 433 g/mol. The van der Waals surface area contributed by atoms with Gasteiger partial charge in [0.2, 0.25) is 0 Å². The Morgan fingerprint density at radius 3 is 2.34 bits per heavy atom. The molecule has 2 nitrogen and oxygen atoms in total. The van der Waals surface area contributed by atoms with Gasteiger partial charge >= 0.3 is 0 Å². The van der Waals surface area contributed by atoms with E-state index >= 15 is 0 Å². The highest BCUT2D eigenvalue weighted by Crippen LogP contribution is 2.33. The standard InChI is InChI=1S/C29H33FO2/c1-5-29(4,24-14-16-25(17-15-24)31-21-22(2)3)19-9-10-23-13-18-27(30)28(20-23)32-26-11-7-6-8-12-26/h5-8,11-18,20,22H,1,9-10,19,21H2,2-4H3. The molecule has 3 rings (SSSR count).